The van der Waals surface area contributed by atoms with Crippen LogP contribution in [0.4, 0.5) is 5.69 Å². The molecule has 0 spiro atoms. The van der Waals surface area contributed by atoms with Crippen molar-refractivity contribution in [2.24, 2.45) is 5.92 Å². The number of esters is 2. The first-order chi connectivity index (χ1) is 18.0. The summed E-state index contributed by atoms with van der Waals surface area (Å²) in [5.74, 6) is -1.03. The van der Waals surface area contributed by atoms with E-state index in [0.717, 1.165) is 0 Å². The molecule has 0 radical (unpaired) electrons. The number of nitrogens with zero attached hydrogens (tertiary/aromatic N) is 3. The van der Waals surface area contributed by atoms with Crippen LogP contribution in [0.5, 0.6) is 0 Å². The van der Waals surface area contributed by atoms with Crippen molar-refractivity contribution in [2.45, 2.75) is 105 Å². The van der Waals surface area contributed by atoms with Gasteiger partial charge in [0.05, 0.1) is 43.3 Å². The van der Waals surface area contributed by atoms with E-state index in [-0.39, 0.29) is 30.9 Å². The molecule has 0 aliphatic heterocycles. The molecule has 2 aromatic heterocycles. The summed E-state index contributed by atoms with van der Waals surface area (Å²) in [7, 11) is -3.63. The molecule has 2 rings (SSSR count). The van der Waals surface area contributed by atoms with Gasteiger partial charge in [0, 0.05) is 12.2 Å². The molecule has 0 fully saturated rings. The van der Waals surface area contributed by atoms with Crippen LogP contribution in [0.2, 0.25) is 0 Å². The maximum atomic E-state index is 14.3. The lowest BCUT2D eigenvalue weighted by Crippen LogP contribution is -2.51. The van der Waals surface area contributed by atoms with Gasteiger partial charge in [-0.2, -0.15) is 0 Å². The lowest BCUT2D eigenvalue weighted by Gasteiger charge is -2.34. The van der Waals surface area contributed by atoms with Crippen molar-refractivity contribution in [3.63, 3.8) is 0 Å². The molecule has 0 aliphatic rings. The molecule has 0 bridgehead atoms. The van der Waals surface area contributed by atoms with Crippen LogP contribution in [0.3, 0.4) is 0 Å². The molecule has 0 aliphatic carbocycles. The minimum Gasteiger partial charge on any atom is -0.463 e. The number of ether oxygens (including phenoxy) is 3. The first kappa shape index (κ1) is 32.7. The summed E-state index contributed by atoms with van der Waals surface area (Å²) >= 11 is 0. The Kier molecular flexibility index (Phi) is 11.5. The maximum absolute atomic E-state index is 14.3. The fourth-order valence-corrected chi connectivity index (χ4v) is 6.41. The van der Waals surface area contributed by atoms with Gasteiger partial charge in [0.1, 0.15) is 17.4 Å². The number of anilines is 1. The average Bonchev–Trinajstić information content (AvgIpc) is 3.20. The molecule has 220 valence electrons. The van der Waals surface area contributed by atoms with Gasteiger partial charge in [-0.05, 0) is 60.5 Å². The van der Waals surface area contributed by atoms with Crippen LogP contribution >= 0.6 is 7.44 Å². The van der Waals surface area contributed by atoms with Gasteiger partial charge in [0.15, 0.2) is 5.65 Å². The second kappa shape index (κ2) is 13.7. The number of nitrogens with one attached hydrogen (secondary N) is 2. The molecule has 0 saturated heterocycles. The highest BCUT2D eigenvalue weighted by Crippen LogP contribution is 2.41. The Labute approximate surface area is 231 Å². The summed E-state index contributed by atoms with van der Waals surface area (Å²) in [5, 5.41) is 6.08. The first-order valence-corrected chi connectivity index (χ1v) is 15.2. The third kappa shape index (κ3) is 9.86. The van der Waals surface area contributed by atoms with E-state index in [4.69, 9.17) is 19.9 Å². The molecule has 13 heteroatoms. The summed E-state index contributed by atoms with van der Waals surface area (Å²) in [6.07, 6.45) is 1.97. The van der Waals surface area contributed by atoms with Gasteiger partial charge >= 0.3 is 11.9 Å². The summed E-state index contributed by atoms with van der Waals surface area (Å²) in [6.45, 7) is 16.3. The molecule has 3 atom stereocenters. The number of imidazole rings is 1. The molecule has 4 N–H and O–H groups in total. The fraction of sp³-hybridized carbons (Fsp3) is 0.692. The lowest BCUT2D eigenvalue weighted by atomic mass is 10.0. The Morgan fingerprint density at radius 1 is 1.08 bits per heavy atom. The van der Waals surface area contributed by atoms with Crippen molar-refractivity contribution in [3.05, 3.63) is 18.6 Å². The third-order valence-electron chi connectivity index (χ3n) is 5.78. The van der Waals surface area contributed by atoms with Crippen LogP contribution in [-0.4, -0.2) is 62.7 Å². The summed E-state index contributed by atoms with van der Waals surface area (Å²) in [6, 6.07) is 1.18. The molecule has 2 heterocycles. The molecule has 0 unspecified atom stereocenters. The van der Waals surface area contributed by atoms with E-state index in [9.17, 15) is 14.2 Å². The number of hydrogen-bond donors (Lipinski definition) is 3. The van der Waals surface area contributed by atoms with Gasteiger partial charge in [-0.1, -0.05) is 13.8 Å². The van der Waals surface area contributed by atoms with Crippen molar-refractivity contribution < 1.29 is 28.4 Å². The number of nitrogen functional groups attached to an aromatic ring is 1. The zero-order valence-electron chi connectivity index (χ0n) is 24.6. The van der Waals surface area contributed by atoms with Gasteiger partial charge in [0.25, 0.3) is 0 Å². The molecule has 2 aromatic rings. The van der Waals surface area contributed by atoms with E-state index in [1.807, 2.05) is 25.3 Å². The van der Waals surface area contributed by atoms with Gasteiger partial charge < -0.3 is 24.5 Å². The zero-order valence-corrected chi connectivity index (χ0v) is 25.5. The first-order valence-electron chi connectivity index (χ1n) is 13.3. The minimum atomic E-state index is -3.63. The van der Waals surface area contributed by atoms with Crippen molar-refractivity contribution in [2.75, 3.05) is 12.1 Å². The Morgan fingerprint density at radius 2 is 1.72 bits per heavy atom. The Hall–Kier alpha value is -2.53. The van der Waals surface area contributed by atoms with Gasteiger partial charge in [-0.3, -0.25) is 14.2 Å². The topological polar surface area (TPSA) is 160 Å². The van der Waals surface area contributed by atoms with E-state index in [1.54, 1.807) is 60.1 Å². The van der Waals surface area contributed by atoms with E-state index in [0.29, 0.717) is 23.4 Å². The minimum absolute atomic E-state index is 0.00204. The third-order valence-corrected chi connectivity index (χ3v) is 7.96. The van der Waals surface area contributed by atoms with Crippen LogP contribution in [-0.2, 0) is 34.9 Å². The zero-order chi connectivity index (χ0) is 29.5. The maximum Gasteiger partial charge on any atom is 0.326 e. The SMILES string of the molecule is CC(C)OC(=O)C[C@H](N[P@@](=O)(CO[C@H](C)Cn1cnc2c(N)ccnc21)NC(C)(C)C(=O)OC(C)C)C(C)C. The Bertz CT molecular complexity index is 1170. The second-order valence-corrected chi connectivity index (χ2v) is 13.4. The Morgan fingerprint density at radius 3 is 2.31 bits per heavy atom. The number of nitrogens with two attached hydrogens (primary N) is 1. The van der Waals surface area contributed by atoms with Crippen LogP contribution in [0.1, 0.15) is 68.7 Å². The van der Waals surface area contributed by atoms with Gasteiger partial charge in [0.2, 0.25) is 7.44 Å². The summed E-state index contributed by atoms with van der Waals surface area (Å²) in [5.41, 5.74) is 6.42. The number of carbonyl (C=O) groups excluding carboxylic acids is 2. The number of rotatable bonds is 15. The fourth-order valence-electron chi connectivity index (χ4n) is 3.83. The highest BCUT2D eigenvalue weighted by Gasteiger charge is 2.40. The quantitative estimate of drug-likeness (QED) is 0.212. The molecule has 12 nitrogen and oxygen atoms in total. The number of hydrogen-bond acceptors (Lipinski definition) is 9. The van der Waals surface area contributed by atoms with E-state index < -0.39 is 37.1 Å². The molecule has 39 heavy (non-hydrogen) atoms. The molecular weight excluding hydrogens is 523 g/mol. The van der Waals surface area contributed by atoms with Gasteiger partial charge in [-0.15, -0.1) is 0 Å². The lowest BCUT2D eigenvalue weighted by molar-refractivity contribution is -0.153. The molecular formula is C26H45N6O6P. The number of pyridine rings is 1. The highest BCUT2D eigenvalue weighted by atomic mass is 31.2. The van der Waals surface area contributed by atoms with Crippen molar-refractivity contribution >= 4 is 36.2 Å². The molecule has 0 aromatic carbocycles. The van der Waals surface area contributed by atoms with Crippen LogP contribution in [0.25, 0.3) is 11.2 Å². The monoisotopic (exact) mass is 568 g/mol. The van der Waals surface area contributed by atoms with Crippen molar-refractivity contribution in [3.8, 4) is 0 Å². The van der Waals surface area contributed by atoms with Crippen LogP contribution in [0.15, 0.2) is 18.6 Å². The van der Waals surface area contributed by atoms with Crippen LogP contribution < -0.4 is 15.9 Å². The summed E-state index contributed by atoms with van der Waals surface area (Å²) in [4.78, 5) is 33.9. The predicted octanol–water partition coefficient (Wildman–Crippen LogP) is 3.84. The standard InChI is InChI=1S/C26H45N6O6P/c1-16(2)21(12-22(33)37-17(3)4)30-39(35,31-26(8,9)25(34)38-18(5)6)15-36-19(7)13-32-14-29-23-20(27)10-11-28-24(23)32/h10-11,14,16-19,21H,12-13,15H2,1-9H3,(H2,27,28)(H2,30,31,35)/t19-,21+,39+/m1/s1. The highest BCUT2D eigenvalue weighted by molar-refractivity contribution is 7.59. The van der Waals surface area contributed by atoms with Gasteiger partial charge in [-0.25, -0.2) is 20.1 Å². The van der Waals surface area contributed by atoms with E-state index >= 15 is 0 Å². The number of fused-ring (bicyclic) bond motifs is 1. The van der Waals surface area contributed by atoms with E-state index in [1.165, 1.54) is 0 Å². The average molecular weight is 569 g/mol. The Balaban J connectivity index is 2.24. The van der Waals surface area contributed by atoms with Crippen LogP contribution in [0, 0.1) is 5.92 Å². The van der Waals surface area contributed by atoms with Crippen molar-refractivity contribution in [1.82, 2.24) is 24.7 Å². The largest absolute Gasteiger partial charge is 0.463 e. The summed E-state index contributed by atoms with van der Waals surface area (Å²) < 4.78 is 32.9. The predicted molar refractivity (Wildman–Crippen MR) is 151 cm³/mol. The molecule has 0 amide bonds. The number of aromatic nitrogens is 3. The van der Waals surface area contributed by atoms with E-state index in [2.05, 4.69) is 20.1 Å². The second-order valence-electron chi connectivity index (χ2n) is 11.2. The number of carbonyl (C=O) groups is 2. The van der Waals surface area contributed by atoms with Crippen molar-refractivity contribution in [1.29, 1.82) is 0 Å². The normalized spacial score (nSPS) is 15.5. The smallest absolute Gasteiger partial charge is 0.326 e. The molecule has 0 saturated carbocycles.